The summed E-state index contributed by atoms with van der Waals surface area (Å²) in [5.41, 5.74) is 2.60. The van der Waals surface area contributed by atoms with Gasteiger partial charge in [-0.25, -0.2) is 9.78 Å². The van der Waals surface area contributed by atoms with Crippen molar-refractivity contribution in [3.8, 4) is 17.2 Å². The topological polar surface area (TPSA) is 66.9 Å². The van der Waals surface area contributed by atoms with E-state index in [2.05, 4.69) is 4.98 Å². The fourth-order valence-corrected chi connectivity index (χ4v) is 3.04. The Hall–Kier alpha value is -3.28. The highest BCUT2D eigenvalue weighted by Gasteiger charge is 2.20. The van der Waals surface area contributed by atoms with E-state index in [1.54, 1.807) is 18.2 Å². The summed E-state index contributed by atoms with van der Waals surface area (Å²) in [5.74, 6) is 1.51. The summed E-state index contributed by atoms with van der Waals surface area (Å²) in [4.78, 5) is 16.9. The van der Waals surface area contributed by atoms with E-state index >= 15 is 0 Å². The van der Waals surface area contributed by atoms with Crippen LogP contribution in [0.15, 0.2) is 42.5 Å². The first kappa shape index (κ1) is 16.2. The molecule has 3 aromatic rings. The van der Waals surface area contributed by atoms with Crippen molar-refractivity contribution < 1.29 is 23.7 Å². The van der Waals surface area contributed by atoms with Gasteiger partial charge < -0.3 is 18.9 Å². The van der Waals surface area contributed by atoms with Gasteiger partial charge in [0.15, 0.2) is 11.5 Å². The summed E-state index contributed by atoms with van der Waals surface area (Å²) >= 11 is 0. The second-order valence-electron chi connectivity index (χ2n) is 5.87. The second-order valence-corrected chi connectivity index (χ2v) is 5.87. The zero-order valence-corrected chi connectivity index (χ0v) is 14.4. The Morgan fingerprint density at radius 3 is 2.81 bits per heavy atom. The Morgan fingerprint density at radius 2 is 1.96 bits per heavy atom. The lowest BCUT2D eigenvalue weighted by atomic mass is 10.0. The molecule has 0 aliphatic carbocycles. The van der Waals surface area contributed by atoms with E-state index in [0.717, 1.165) is 16.5 Å². The van der Waals surface area contributed by atoms with Crippen molar-refractivity contribution >= 4 is 16.9 Å². The Balaban J connectivity index is 1.69. The molecule has 0 radical (unpaired) electrons. The number of methoxy groups -OCH3 is 1. The van der Waals surface area contributed by atoms with Crippen molar-refractivity contribution in [1.82, 2.24) is 4.98 Å². The zero-order valence-electron chi connectivity index (χ0n) is 14.4. The van der Waals surface area contributed by atoms with Gasteiger partial charge in [-0.3, -0.25) is 0 Å². The quantitative estimate of drug-likeness (QED) is 0.669. The molecule has 0 amide bonds. The molecule has 0 atom stereocenters. The molecule has 6 nitrogen and oxygen atoms in total. The first-order chi connectivity index (χ1) is 12.7. The van der Waals surface area contributed by atoms with Crippen LogP contribution in [0.2, 0.25) is 0 Å². The summed E-state index contributed by atoms with van der Waals surface area (Å²) in [6.45, 7) is 2.23. The molecule has 0 fully saturated rings. The molecule has 26 heavy (non-hydrogen) atoms. The van der Waals surface area contributed by atoms with Crippen molar-refractivity contribution in [2.24, 2.45) is 0 Å². The van der Waals surface area contributed by atoms with Crippen LogP contribution in [0, 0.1) is 6.92 Å². The van der Waals surface area contributed by atoms with Gasteiger partial charge in [-0.1, -0.05) is 18.2 Å². The average Bonchev–Trinajstić information content (AvgIpc) is 3.14. The Morgan fingerprint density at radius 1 is 1.15 bits per heavy atom. The molecular formula is C20H17NO5. The van der Waals surface area contributed by atoms with Crippen LogP contribution in [0.1, 0.15) is 21.6 Å². The number of fused-ring (bicyclic) bond motifs is 2. The van der Waals surface area contributed by atoms with Gasteiger partial charge in [0.25, 0.3) is 0 Å². The SMILES string of the molecule is COC(=O)c1c(COc2ccc3c(c2)OCO3)nc2ccccc2c1C. The number of hydrogen-bond donors (Lipinski definition) is 0. The predicted molar refractivity (Wildman–Crippen MR) is 94.7 cm³/mol. The molecule has 1 aliphatic rings. The average molecular weight is 351 g/mol. The number of hydrogen-bond acceptors (Lipinski definition) is 6. The van der Waals surface area contributed by atoms with Crippen LogP contribution in [-0.2, 0) is 11.3 Å². The number of benzene rings is 2. The number of pyridine rings is 1. The number of carbonyl (C=O) groups is 1. The molecule has 0 N–H and O–H groups in total. The first-order valence-corrected chi connectivity index (χ1v) is 8.16. The van der Waals surface area contributed by atoms with E-state index < -0.39 is 5.97 Å². The number of nitrogens with zero attached hydrogens (tertiary/aromatic N) is 1. The standard InChI is InChI=1S/C20H17NO5/c1-12-14-5-3-4-6-15(14)21-16(19(12)20(22)23-2)10-24-13-7-8-17-18(9-13)26-11-25-17/h3-9H,10-11H2,1-2H3. The number of aromatic nitrogens is 1. The van der Waals surface area contributed by atoms with E-state index in [9.17, 15) is 4.79 Å². The number of ether oxygens (including phenoxy) is 4. The van der Waals surface area contributed by atoms with Crippen molar-refractivity contribution in [3.63, 3.8) is 0 Å². The van der Waals surface area contributed by atoms with Crippen molar-refractivity contribution in [3.05, 3.63) is 59.3 Å². The summed E-state index contributed by atoms with van der Waals surface area (Å²) < 4.78 is 21.4. The molecule has 0 saturated carbocycles. The Kier molecular flexibility index (Phi) is 4.08. The molecule has 2 aromatic carbocycles. The van der Waals surface area contributed by atoms with Gasteiger partial charge in [0.05, 0.1) is 23.9 Å². The minimum Gasteiger partial charge on any atom is -0.487 e. The highest BCUT2D eigenvalue weighted by molar-refractivity contribution is 5.98. The Bertz CT molecular complexity index is 999. The molecular weight excluding hydrogens is 334 g/mol. The summed E-state index contributed by atoms with van der Waals surface area (Å²) in [6, 6.07) is 13.0. The van der Waals surface area contributed by atoms with E-state index in [4.69, 9.17) is 18.9 Å². The highest BCUT2D eigenvalue weighted by atomic mass is 16.7. The third-order valence-electron chi connectivity index (χ3n) is 4.34. The number of rotatable bonds is 4. The van der Waals surface area contributed by atoms with Crippen LogP contribution in [-0.4, -0.2) is 24.9 Å². The smallest absolute Gasteiger partial charge is 0.340 e. The van der Waals surface area contributed by atoms with Crippen molar-refractivity contribution in [2.75, 3.05) is 13.9 Å². The van der Waals surface area contributed by atoms with Crippen LogP contribution < -0.4 is 14.2 Å². The maximum atomic E-state index is 12.3. The Labute approximate surface area is 150 Å². The van der Waals surface area contributed by atoms with Gasteiger partial charge in [-0.15, -0.1) is 0 Å². The van der Waals surface area contributed by atoms with E-state index in [1.165, 1.54) is 7.11 Å². The molecule has 0 unspecified atom stereocenters. The van der Waals surface area contributed by atoms with Crippen LogP contribution >= 0.6 is 0 Å². The van der Waals surface area contributed by atoms with E-state index in [0.29, 0.717) is 28.5 Å². The lowest BCUT2D eigenvalue weighted by Crippen LogP contribution is -2.13. The van der Waals surface area contributed by atoms with Crippen LogP contribution in [0.25, 0.3) is 10.9 Å². The number of aryl methyl sites for hydroxylation is 1. The molecule has 0 spiro atoms. The molecule has 6 heteroatoms. The third-order valence-corrected chi connectivity index (χ3v) is 4.34. The summed E-state index contributed by atoms with van der Waals surface area (Å²) in [7, 11) is 1.36. The zero-order chi connectivity index (χ0) is 18.1. The maximum absolute atomic E-state index is 12.3. The van der Waals surface area contributed by atoms with Gasteiger partial charge >= 0.3 is 5.97 Å². The normalized spacial score (nSPS) is 12.2. The third kappa shape index (κ3) is 2.79. The molecule has 4 rings (SSSR count). The van der Waals surface area contributed by atoms with Crippen LogP contribution in [0.3, 0.4) is 0 Å². The van der Waals surface area contributed by atoms with E-state index in [1.807, 2.05) is 31.2 Å². The van der Waals surface area contributed by atoms with Gasteiger partial charge in [0.1, 0.15) is 12.4 Å². The second kappa shape index (κ2) is 6.55. The summed E-state index contributed by atoms with van der Waals surface area (Å²) in [5, 5.41) is 0.916. The lowest BCUT2D eigenvalue weighted by molar-refractivity contribution is 0.0596. The number of para-hydroxylation sites is 1. The molecule has 1 aliphatic heterocycles. The molecule has 2 heterocycles. The van der Waals surface area contributed by atoms with Crippen molar-refractivity contribution in [1.29, 1.82) is 0 Å². The van der Waals surface area contributed by atoms with Gasteiger partial charge in [-0.05, 0) is 30.7 Å². The minimum absolute atomic E-state index is 0.135. The van der Waals surface area contributed by atoms with E-state index in [-0.39, 0.29) is 13.4 Å². The maximum Gasteiger partial charge on any atom is 0.340 e. The monoisotopic (exact) mass is 351 g/mol. The van der Waals surface area contributed by atoms with Crippen LogP contribution in [0.4, 0.5) is 0 Å². The molecule has 0 saturated heterocycles. The minimum atomic E-state index is -0.426. The number of carbonyl (C=O) groups excluding carboxylic acids is 1. The molecule has 132 valence electrons. The highest BCUT2D eigenvalue weighted by Crippen LogP contribution is 2.35. The van der Waals surface area contributed by atoms with Crippen LogP contribution in [0.5, 0.6) is 17.2 Å². The fourth-order valence-electron chi connectivity index (χ4n) is 3.04. The first-order valence-electron chi connectivity index (χ1n) is 8.16. The van der Waals surface area contributed by atoms with Crippen molar-refractivity contribution in [2.45, 2.75) is 13.5 Å². The van der Waals surface area contributed by atoms with Gasteiger partial charge in [0.2, 0.25) is 6.79 Å². The fraction of sp³-hybridized carbons (Fsp3) is 0.200. The van der Waals surface area contributed by atoms with Gasteiger partial charge in [-0.2, -0.15) is 0 Å². The molecule has 0 bridgehead atoms. The molecule has 1 aromatic heterocycles. The summed E-state index contributed by atoms with van der Waals surface area (Å²) in [6.07, 6.45) is 0. The predicted octanol–water partition coefficient (Wildman–Crippen LogP) is 3.64. The number of esters is 1. The largest absolute Gasteiger partial charge is 0.487 e. The lowest BCUT2D eigenvalue weighted by Gasteiger charge is -2.14. The van der Waals surface area contributed by atoms with Gasteiger partial charge in [0, 0.05) is 11.5 Å².